The summed E-state index contributed by atoms with van der Waals surface area (Å²) in [5.41, 5.74) is 6.45. The minimum Gasteiger partial charge on any atom is -0.329 e. The van der Waals surface area contributed by atoms with Gasteiger partial charge in [-0.05, 0) is 63.1 Å². The molecule has 1 N–H and O–H groups in total. The van der Waals surface area contributed by atoms with Crippen LogP contribution in [-0.2, 0) is 6.54 Å². The van der Waals surface area contributed by atoms with E-state index < -0.39 is 0 Å². The van der Waals surface area contributed by atoms with Crippen LogP contribution in [0.15, 0.2) is 23.3 Å². The SMILES string of the molecule is CCn1c(C)nc2cc(C(=O)N/N=C3/C[C@H](C)CC[C@@H]3C(C)C)ccc21. The summed E-state index contributed by atoms with van der Waals surface area (Å²) in [6.07, 6.45) is 3.38. The molecule has 2 aromatic rings. The number of hydrazone groups is 1. The van der Waals surface area contributed by atoms with E-state index in [-0.39, 0.29) is 5.91 Å². The van der Waals surface area contributed by atoms with Gasteiger partial charge in [-0.2, -0.15) is 5.10 Å². The Kier molecular flexibility index (Phi) is 5.44. The smallest absolute Gasteiger partial charge is 0.271 e. The van der Waals surface area contributed by atoms with Crippen LogP contribution in [0.25, 0.3) is 11.0 Å². The maximum Gasteiger partial charge on any atom is 0.271 e. The van der Waals surface area contributed by atoms with Crippen LogP contribution >= 0.6 is 0 Å². The van der Waals surface area contributed by atoms with Gasteiger partial charge in [-0.25, -0.2) is 10.4 Å². The Balaban J connectivity index is 1.80. The van der Waals surface area contributed by atoms with Gasteiger partial charge in [-0.3, -0.25) is 4.79 Å². The fraction of sp³-hybridized carbons (Fsp3) is 0.571. The average Bonchev–Trinajstić information content (AvgIpc) is 2.93. The van der Waals surface area contributed by atoms with E-state index in [9.17, 15) is 4.79 Å². The highest BCUT2D eigenvalue weighted by Gasteiger charge is 2.27. The Morgan fingerprint density at radius 3 is 2.85 bits per heavy atom. The number of hydrogen-bond donors (Lipinski definition) is 1. The number of carbonyl (C=O) groups excluding carboxylic acids is 1. The second-order valence-electron chi connectivity index (χ2n) is 7.89. The van der Waals surface area contributed by atoms with E-state index >= 15 is 0 Å². The van der Waals surface area contributed by atoms with E-state index in [1.54, 1.807) is 0 Å². The second-order valence-corrected chi connectivity index (χ2v) is 7.89. The van der Waals surface area contributed by atoms with Crippen molar-refractivity contribution in [3.8, 4) is 0 Å². The third-order valence-corrected chi connectivity index (χ3v) is 5.58. The van der Waals surface area contributed by atoms with Crippen molar-refractivity contribution in [3.05, 3.63) is 29.6 Å². The number of nitrogens with one attached hydrogen (secondary N) is 1. The van der Waals surface area contributed by atoms with E-state index in [4.69, 9.17) is 0 Å². The summed E-state index contributed by atoms with van der Waals surface area (Å²) >= 11 is 0. The van der Waals surface area contributed by atoms with Crippen LogP contribution in [0.5, 0.6) is 0 Å². The quantitative estimate of drug-likeness (QED) is 0.819. The summed E-state index contributed by atoms with van der Waals surface area (Å²) in [7, 11) is 0. The van der Waals surface area contributed by atoms with Crippen molar-refractivity contribution in [2.45, 2.75) is 60.4 Å². The molecule has 1 fully saturated rings. The minimum atomic E-state index is -0.163. The zero-order chi connectivity index (χ0) is 18.8. The van der Waals surface area contributed by atoms with Gasteiger partial charge in [0, 0.05) is 23.7 Å². The van der Waals surface area contributed by atoms with Gasteiger partial charge in [-0.1, -0.05) is 20.8 Å². The molecular weight excluding hydrogens is 324 g/mol. The predicted octanol–water partition coefficient (Wildman–Crippen LogP) is 4.54. The normalized spacial score (nSPS) is 22.3. The van der Waals surface area contributed by atoms with Gasteiger partial charge in [0.15, 0.2) is 0 Å². The van der Waals surface area contributed by atoms with Gasteiger partial charge in [0.2, 0.25) is 0 Å². The van der Waals surface area contributed by atoms with Crippen molar-refractivity contribution in [1.29, 1.82) is 0 Å². The van der Waals surface area contributed by atoms with E-state index in [0.717, 1.165) is 42.0 Å². The molecule has 0 unspecified atom stereocenters. The first-order valence-electron chi connectivity index (χ1n) is 9.74. The molecule has 0 saturated heterocycles. The average molecular weight is 354 g/mol. The van der Waals surface area contributed by atoms with Crippen molar-refractivity contribution in [1.82, 2.24) is 15.0 Å². The van der Waals surface area contributed by atoms with Crippen LogP contribution in [0.3, 0.4) is 0 Å². The topological polar surface area (TPSA) is 59.3 Å². The van der Waals surface area contributed by atoms with Gasteiger partial charge < -0.3 is 4.57 Å². The first kappa shape index (κ1) is 18.6. The molecule has 3 rings (SSSR count). The van der Waals surface area contributed by atoms with Crippen LogP contribution in [-0.4, -0.2) is 21.2 Å². The summed E-state index contributed by atoms with van der Waals surface area (Å²) < 4.78 is 2.15. The molecule has 140 valence electrons. The van der Waals surface area contributed by atoms with E-state index in [2.05, 4.69) is 47.8 Å². The number of aryl methyl sites for hydroxylation is 2. The fourth-order valence-corrected chi connectivity index (χ4v) is 4.07. The molecule has 0 bridgehead atoms. The molecule has 0 spiro atoms. The van der Waals surface area contributed by atoms with E-state index in [1.807, 2.05) is 25.1 Å². The number of rotatable bonds is 4. The van der Waals surface area contributed by atoms with Crippen LogP contribution < -0.4 is 5.43 Å². The number of fused-ring (bicyclic) bond motifs is 1. The Morgan fingerprint density at radius 1 is 1.38 bits per heavy atom. The third kappa shape index (κ3) is 3.67. The lowest BCUT2D eigenvalue weighted by atomic mass is 9.76. The lowest BCUT2D eigenvalue weighted by Gasteiger charge is -2.30. The molecule has 1 amide bonds. The monoisotopic (exact) mass is 354 g/mol. The second kappa shape index (κ2) is 7.60. The number of imidazole rings is 1. The Morgan fingerprint density at radius 2 is 2.15 bits per heavy atom. The lowest BCUT2D eigenvalue weighted by molar-refractivity contribution is 0.0954. The third-order valence-electron chi connectivity index (χ3n) is 5.58. The van der Waals surface area contributed by atoms with Crippen molar-refractivity contribution < 1.29 is 4.79 Å². The Bertz CT molecular complexity index is 834. The van der Waals surface area contributed by atoms with Crippen LogP contribution in [0, 0.1) is 24.7 Å². The molecule has 0 radical (unpaired) electrons. The molecule has 1 saturated carbocycles. The Hall–Kier alpha value is -2.17. The largest absolute Gasteiger partial charge is 0.329 e. The maximum atomic E-state index is 12.6. The number of nitrogens with zero attached hydrogens (tertiary/aromatic N) is 3. The number of aromatic nitrogens is 2. The first-order chi connectivity index (χ1) is 12.4. The van der Waals surface area contributed by atoms with Crippen molar-refractivity contribution in [2.75, 3.05) is 0 Å². The Labute approximate surface area is 155 Å². The van der Waals surface area contributed by atoms with Crippen LogP contribution in [0.2, 0.25) is 0 Å². The van der Waals surface area contributed by atoms with Gasteiger partial charge in [0.25, 0.3) is 5.91 Å². The summed E-state index contributed by atoms with van der Waals surface area (Å²) in [5, 5.41) is 4.52. The molecule has 0 aliphatic heterocycles. The van der Waals surface area contributed by atoms with Gasteiger partial charge in [-0.15, -0.1) is 0 Å². The summed E-state index contributed by atoms with van der Waals surface area (Å²) in [4.78, 5) is 17.2. The van der Waals surface area contributed by atoms with Gasteiger partial charge in [0.1, 0.15) is 5.82 Å². The predicted molar refractivity (Wildman–Crippen MR) is 106 cm³/mol. The zero-order valence-corrected chi connectivity index (χ0v) is 16.5. The van der Waals surface area contributed by atoms with Crippen molar-refractivity contribution in [3.63, 3.8) is 0 Å². The molecule has 1 aromatic heterocycles. The number of benzene rings is 1. The summed E-state index contributed by atoms with van der Waals surface area (Å²) in [5.74, 6) is 2.46. The highest BCUT2D eigenvalue weighted by Crippen LogP contribution is 2.31. The van der Waals surface area contributed by atoms with Crippen LogP contribution in [0.4, 0.5) is 0 Å². The zero-order valence-electron chi connectivity index (χ0n) is 16.5. The summed E-state index contributed by atoms with van der Waals surface area (Å²) in [6, 6.07) is 5.68. The highest BCUT2D eigenvalue weighted by molar-refractivity contribution is 5.98. The number of carbonyl (C=O) groups is 1. The van der Waals surface area contributed by atoms with E-state index in [0.29, 0.717) is 23.3 Å². The highest BCUT2D eigenvalue weighted by atomic mass is 16.2. The molecule has 1 aromatic carbocycles. The van der Waals surface area contributed by atoms with Crippen molar-refractivity contribution in [2.24, 2.45) is 22.9 Å². The van der Waals surface area contributed by atoms with Gasteiger partial charge in [0.05, 0.1) is 11.0 Å². The molecule has 2 atom stereocenters. The molecule has 5 heteroatoms. The van der Waals surface area contributed by atoms with Gasteiger partial charge >= 0.3 is 0 Å². The molecule has 1 aliphatic carbocycles. The molecule has 1 heterocycles. The molecule has 26 heavy (non-hydrogen) atoms. The minimum absolute atomic E-state index is 0.163. The lowest BCUT2D eigenvalue weighted by Crippen LogP contribution is -2.31. The standard InChI is InChI=1S/C21H30N4O/c1-6-25-15(5)22-19-12-16(8-10-20(19)25)21(26)24-23-18-11-14(4)7-9-17(18)13(2)3/h8,10,12-14,17H,6-7,9,11H2,1-5H3,(H,24,26)/b23-18-/t14-,17-/m1/s1. The molecular formula is C21H30N4O. The van der Waals surface area contributed by atoms with Crippen LogP contribution in [0.1, 0.15) is 63.1 Å². The summed E-state index contributed by atoms with van der Waals surface area (Å²) in [6.45, 7) is 11.7. The molecule has 1 aliphatic rings. The number of amides is 1. The maximum absolute atomic E-state index is 12.6. The fourth-order valence-electron chi connectivity index (χ4n) is 4.07. The number of hydrogen-bond acceptors (Lipinski definition) is 3. The molecule has 5 nitrogen and oxygen atoms in total. The van der Waals surface area contributed by atoms with E-state index in [1.165, 1.54) is 6.42 Å². The first-order valence-corrected chi connectivity index (χ1v) is 9.74. The van der Waals surface area contributed by atoms with Crippen molar-refractivity contribution >= 4 is 22.7 Å².